The van der Waals surface area contributed by atoms with Crippen LogP contribution < -0.4 is 0 Å². The fraction of sp³-hybridized carbons (Fsp3) is 0.500. The maximum absolute atomic E-state index is 12.3. The normalized spacial score (nSPS) is 23.2. The van der Waals surface area contributed by atoms with Gasteiger partial charge in [-0.1, -0.05) is 0 Å². The van der Waals surface area contributed by atoms with Crippen LogP contribution in [0.5, 0.6) is 0 Å². The number of hydrogen-bond acceptors (Lipinski definition) is 4. The van der Waals surface area contributed by atoms with Crippen LogP contribution in [0.15, 0.2) is 15.9 Å². The first-order chi connectivity index (χ1) is 8.48. The number of carbonyl (C=O) groups is 2. The second-order valence-corrected chi connectivity index (χ2v) is 6.40. The number of likely N-dealkylation sites (tertiary alicyclic amines) is 1. The molecule has 0 N–H and O–H groups in total. The number of rotatable bonds is 2. The second-order valence-electron chi connectivity index (χ2n) is 4.63. The van der Waals surface area contributed by atoms with Gasteiger partial charge in [0, 0.05) is 17.6 Å². The summed E-state index contributed by atoms with van der Waals surface area (Å²) in [5, 5.41) is 1.87. The number of hydrogen-bond donors (Lipinski definition) is 0. The Morgan fingerprint density at radius 1 is 1.56 bits per heavy atom. The Bertz CT molecular complexity index is 487. The SMILES string of the molecule is COC(=O)C1(C)CCN(C(=O)c2sccc2Br)C1. The van der Waals surface area contributed by atoms with E-state index in [1.807, 2.05) is 18.4 Å². The highest BCUT2D eigenvalue weighted by Crippen LogP contribution is 2.33. The summed E-state index contributed by atoms with van der Waals surface area (Å²) in [5.74, 6) is -0.271. The molecule has 1 aromatic heterocycles. The Kier molecular flexibility index (Phi) is 3.77. The van der Waals surface area contributed by atoms with Gasteiger partial charge >= 0.3 is 5.97 Å². The van der Waals surface area contributed by atoms with Gasteiger partial charge in [0.25, 0.3) is 5.91 Å². The van der Waals surface area contributed by atoms with E-state index in [4.69, 9.17) is 4.74 Å². The molecule has 1 fully saturated rings. The Labute approximate surface area is 118 Å². The van der Waals surface area contributed by atoms with Crippen molar-refractivity contribution in [1.29, 1.82) is 0 Å². The van der Waals surface area contributed by atoms with E-state index in [-0.39, 0.29) is 11.9 Å². The van der Waals surface area contributed by atoms with Crippen LogP contribution >= 0.6 is 27.3 Å². The van der Waals surface area contributed by atoms with Crippen molar-refractivity contribution < 1.29 is 14.3 Å². The Hall–Kier alpha value is -0.880. The van der Waals surface area contributed by atoms with Crippen molar-refractivity contribution in [2.24, 2.45) is 5.41 Å². The number of carbonyl (C=O) groups excluding carboxylic acids is 2. The third-order valence-electron chi connectivity index (χ3n) is 3.25. The molecular weight excluding hydrogens is 318 g/mol. The summed E-state index contributed by atoms with van der Waals surface area (Å²) in [6.07, 6.45) is 0.647. The lowest BCUT2D eigenvalue weighted by Gasteiger charge is -2.21. The molecule has 1 saturated heterocycles. The summed E-state index contributed by atoms with van der Waals surface area (Å²) in [6.45, 7) is 2.85. The number of thiophene rings is 1. The number of ether oxygens (including phenoxy) is 1. The lowest BCUT2D eigenvalue weighted by Crippen LogP contribution is -2.35. The van der Waals surface area contributed by atoms with Crippen molar-refractivity contribution in [3.05, 3.63) is 20.8 Å². The predicted molar refractivity (Wildman–Crippen MR) is 72.7 cm³/mol. The highest BCUT2D eigenvalue weighted by Gasteiger charge is 2.43. The Balaban J connectivity index is 2.12. The van der Waals surface area contributed by atoms with Crippen LogP contribution in [0.3, 0.4) is 0 Å². The number of halogens is 1. The maximum atomic E-state index is 12.3. The molecule has 1 unspecified atom stereocenters. The molecule has 1 aliphatic rings. The number of nitrogens with zero attached hydrogens (tertiary/aromatic N) is 1. The van der Waals surface area contributed by atoms with Crippen LogP contribution in [-0.2, 0) is 9.53 Å². The van der Waals surface area contributed by atoms with Gasteiger partial charge in [-0.3, -0.25) is 9.59 Å². The largest absolute Gasteiger partial charge is 0.469 e. The number of esters is 1. The van der Waals surface area contributed by atoms with Crippen molar-refractivity contribution in [2.75, 3.05) is 20.2 Å². The zero-order valence-electron chi connectivity index (χ0n) is 10.2. The van der Waals surface area contributed by atoms with E-state index in [1.54, 1.807) is 4.90 Å². The molecule has 98 valence electrons. The van der Waals surface area contributed by atoms with Crippen LogP contribution in [0.1, 0.15) is 23.0 Å². The molecule has 1 atom stereocenters. The minimum atomic E-state index is -0.575. The third kappa shape index (κ3) is 2.31. The quantitative estimate of drug-likeness (QED) is 0.782. The standard InChI is InChI=1S/C12H14BrNO3S/c1-12(11(16)17-2)4-5-14(7-12)10(15)9-8(13)3-6-18-9/h3,6H,4-5,7H2,1-2H3. The van der Waals surface area contributed by atoms with Crippen molar-refractivity contribution in [1.82, 2.24) is 4.90 Å². The highest BCUT2D eigenvalue weighted by molar-refractivity contribution is 9.10. The zero-order valence-corrected chi connectivity index (χ0v) is 12.6. The molecule has 1 aliphatic heterocycles. The molecule has 0 aromatic carbocycles. The fourth-order valence-corrected chi connectivity index (χ4v) is 3.65. The molecule has 18 heavy (non-hydrogen) atoms. The van der Waals surface area contributed by atoms with Crippen molar-refractivity contribution in [3.8, 4) is 0 Å². The molecule has 4 nitrogen and oxygen atoms in total. The molecule has 0 saturated carbocycles. The summed E-state index contributed by atoms with van der Waals surface area (Å²) in [7, 11) is 1.38. The Morgan fingerprint density at radius 2 is 2.28 bits per heavy atom. The summed E-state index contributed by atoms with van der Waals surface area (Å²) >= 11 is 4.76. The van der Waals surface area contributed by atoms with Gasteiger partial charge in [-0.15, -0.1) is 11.3 Å². The van der Waals surface area contributed by atoms with Gasteiger partial charge in [0.1, 0.15) is 4.88 Å². The van der Waals surface area contributed by atoms with E-state index in [9.17, 15) is 9.59 Å². The van der Waals surface area contributed by atoms with E-state index in [1.165, 1.54) is 18.4 Å². The smallest absolute Gasteiger partial charge is 0.313 e. The van der Waals surface area contributed by atoms with Gasteiger partial charge in [0.15, 0.2) is 0 Å². The molecular formula is C12H14BrNO3S. The minimum Gasteiger partial charge on any atom is -0.469 e. The monoisotopic (exact) mass is 331 g/mol. The first kappa shape index (κ1) is 13.5. The van der Waals surface area contributed by atoms with E-state index in [0.717, 1.165) is 4.47 Å². The molecule has 6 heteroatoms. The molecule has 0 radical (unpaired) electrons. The van der Waals surface area contributed by atoms with Crippen LogP contribution in [-0.4, -0.2) is 37.0 Å². The fourth-order valence-electron chi connectivity index (χ4n) is 2.14. The highest BCUT2D eigenvalue weighted by atomic mass is 79.9. The zero-order chi connectivity index (χ0) is 13.3. The molecule has 2 heterocycles. The van der Waals surface area contributed by atoms with Gasteiger partial charge in [-0.05, 0) is 40.7 Å². The molecule has 1 aromatic rings. The average molecular weight is 332 g/mol. The topological polar surface area (TPSA) is 46.6 Å². The van der Waals surface area contributed by atoms with E-state index in [2.05, 4.69) is 15.9 Å². The van der Waals surface area contributed by atoms with Gasteiger partial charge in [-0.2, -0.15) is 0 Å². The summed E-state index contributed by atoms with van der Waals surface area (Å²) in [4.78, 5) is 26.4. The van der Waals surface area contributed by atoms with E-state index in [0.29, 0.717) is 24.4 Å². The first-order valence-electron chi connectivity index (χ1n) is 5.58. The van der Waals surface area contributed by atoms with Crippen LogP contribution in [0.25, 0.3) is 0 Å². The molecule has 0 spiro atoms. The number of methoxy groups -OCH3 is 1. The lowest BCUT2D eigenvalue weighted by molar-refractivity contribution is -0.150. The van der Waals surface area contributed by atoms with Gasteiger partial charge in [-0.25, -0.2) is 0 Å². The van der Waals surface area contributed by atoms with Gasteiger partial charge in [0.05, 0.1) is 12.5 Å². The van der Waals surface area contributed by atoms with Gasteiger partial charge < -0.3 is 9.64 Å². The summed E-state index contributed by atoms with van der Waals surface area (Å²) < 4.78 is 5.61. The van der Waals surface area contributed by atoms with Crippen molar-refractivity contribution in [3.63, 3.8) is 0 Å². The third-order valence-corrected chi connectivity index (χ3v) is 5.08. The molecule has 0 bridgehead atoms. The van der Waals surface area contributed by atoms with Crippen LogP contribution in [0, 0.1) is 5.41 Å². The second kappa shape index (κ2) is 5.01. The number of amides is 1. The van der Waals surface area contributed by atoms with E-state index >= 15 is 0 Å². The minimum absolute atomic E-state index is 0.0236. The average Bonchev–Trinajstić information content (AvgIpc) is 2.95. The van der Waals surface area contributed by atoms with Crippen molar-refractivity contribution >= 4 is 39.1 Å². The predicted octanol–water partition coefficient (Wildman–Crippen LogP) is 2.54. The summed E-state index contributed by atoms with van der Waals surface area (Å²) in [5.41, 5.74) is -0.575. The van der Waals surface area contributed by atoms with Crippen LogP contribution in [0.4, 0.5) is 0 Å². The van der Waals surface area contributed by atoms with Gasteiger partial charge in [0.2, 0.25) is 0 Å². The molecule has 2 rings (SSSR count). The molecule has 0 aliphatic carbocycles. The van der Waals surface area contributed by atoms with Crippen molar-refractivity contribution in [2.45, 2.75) is 13.3 Å². The van der Waals surface area contributed by atoms with E-state index < -0.39 is 5.41 Å². The molecule has 1 amide bonds. The Morgan fingerprint density at radius 3 is 2.83 bits per heavy atom. The first-order valence-corrected chi connectivity index (χ1v) is 7.26. The summed E-state index contributed by atoms with van der Waals surface area (Å²) in [6, 6.07) is 1.85. The van der Waals surface area contributed by atoms with Crippen LogP contribution in [0.2, 0.25) is 0 Å². The maximum Gasteiger partial charge on any atom is 0.313 e. The lowest BCUT2D eigenvalue weighted by atomic mass is 9.90.